The van der Waals surface area contributed by atoms with Crippen molar-refractivity contribution < 1.29 is 19.2 Å². The van der Waals surface area contributed by atoms with E-state index in [1.54, 1.807) is 30.5 Å². The summed E-state index contributed by atoms with van der Waals surface area (Å²) in [7, 11) is 0. The zero-order valence-corrected chi connectivity index (χ0v) is 22.6. The van der Waals surface area contributed by atoms with Gasteiger partial charge in [0, 0.05) is 34.3 Å². The molecule has 0 radical (unpaired) electrons. The highest BCUT2D eigenvalue weighted by molar-refractivity contribution is 6.39. The van der Waals surface area contributed by atoms with E-state index in [1.165, 1.54) is 6.20 Å². The van der Waals surface area contributed by atoms with Gasteiger partial charge >= 0.3 is 5.97 Å². The molecule has 2 aliphatic rings. The third kappa shape index (κ3) is 4.55. The lowest BCUT2D eigenvalue weighted by Gasteiger charge is -2.16. The summed E-state index contributed by atoms with van der Waals surface area (Å²) >= 11 is 19.7. The Labute approximate surface area is 234 Å². The minimum atomic E-state index is -0.987. The van der Waals surface area contributed by atoms with Crippen LogP contribution >= 0.6 is 34.8 Å². The monoisotopic (exact) mass is 568 g/mol. The molecule has 2 atom stereocenters. The predicted molar refractivity (Wildman–Crippen MR) is 146 cm³/mol. The highest BCUT2D eigenvalue weighted by Gasteiger charge is 2.53. The van der Waals surface area contributed by atoms with Gasteiger partial charge in [-0.15, -0.1) is 0 Å². The van der Waals surface area contributed by atoms with Gasteiger partial charge in [0.25, 0.3) is 0 Å². The van der Waals surface area contributed by atoms with Crippen molar-refractivity contribution in [2.24, 2.45) is 0 Å². The number of carbonyl (C=O) groups is 1. The van der Waals surface area contributed by atoms with Crippen LogP contribution in [0.4, 0.5) is 0 Å². The number of carboxylic acid groups (broad SMARTS) is 1. The van der Waals surface area contributed by atoms with Gasteiger partial charge in [-0.05, 0) is 66.6 Å². The largest absolute Gasteiger partial charge is 0.489 e. The second kappa shape index (κ2) is 9.60. The standard InChI is InChI=1S/C29H23Cl3N2O4/c1-29(11-21(29)16-9-17(28(35)36)13-33-12-16)20-8-7-18(10-24(20)32)37-14-19-26(34-38-27(19)15-5-6-15)25-22(30)3-2-4-23(25)31/h2-4,7-10,12-13,15,21H,5-6,11,14H2,1H3,(H,35,36). The van der Waals surface area contributed by atoms with Crippen molar-refractivity contribution in [3.8, 4) is 17.0 Å². The Morgan fingerprint density at radius 3 is 2.55 bits per heavy atom. The second-order valence-electron chi connectivity index (χ2n) is 10.2. The van der Waals surface area contributed by atoms with E-state index in [4.69, 9.17) is 44.1 Å². The molecule has 0 aliphatic heterocycles. The van der Waals surface area contributed by atoms with Gasteiger partial charge in [-0.25, -0.2) is 4.79 Å². The molecule has 38 heavy (non-hydrogen) atoms. The molecule has 0 bridgehead atoms. The fourth-order valence-electron chi connectivity index (χ4n) is 5.17. The maximum absolute atomic E-state index is 11.4. The molecule has 9 heteroatoms. The first kappa shape index (κ1) is 25.2. The fraction of sp³-hybridized carbons (Fsp3) is 0.276. The van der Waals surface area contributed by atoms with Crippen LogP contribution in [0.1, 0.15) is 70.8 Å². The van der Waals surface area contributed by atoms with Crippen LogP contribution < -0.4 is 4.74 Å². The van der Waals surface area contributed by atoms with E-state index in [1.807, 2.05) is 18.2 Å². The van der Waals surface area contributed by atoms with E-state index in [2.05, 4.69) is 17.1 Å². The molecule has 2 aromatic heterocycles. The maximum Gasteiger partial charge on any atom is 0.337 e. The van der Waals surface area contributed by atoms with Crippen molar-refractivity contribution in [1.29, 1.82) is 0 Å². The molecule has 2 aromatic carbocycles. The number of hydrogen-bond donors (Lipinski definition) is 1. The van der Waals surface area contributed by atoms with Crippen molar-refractivity contribution in [1.82, 2.24) is 10.1 Å². The van der Waals surface area contributed by atoms with Crippen LogP contribution in [-0.4, -0.2) is 21.2 Å². The van der Waals surface area contributed by atoms with E-state index in [-0.39, 0.29) is 23.5 Å². The van der Waals surface area contributed by atoms with Crippen LogP contribution in [0.15, 0.2) is 59.4 Å². The molecule has 2 unspecified atom stereocenters. The number of pyridine rings is 1. The number of aromatic nitrogens is 2. The van der Waals surface area contributed by atoms with E-state index in [0.29, 0.717) is 38.0 Å². The number of aromatic carboxylic acids is 1. The van der Waals surface area contributed by atoms with Crippen molar-refractivity contribution in [3.63, 3.8) is 0 Å². The molecule has 0 saturated heterocycles. The highest BCUT2D eigenvalue weighted by Crippen LogP contribution is 2.61. The fourth-order valence-corrected chi connectivity index (χ4v) is 6.13. The van der Waals surface area contributed by atoms with E-state index in [0.717, 1.165) is 41.7 Å². The molecule has 0 amide bonds. The van der Waals surface area contributed by atoms with Crippen LogP contribution in [0.2, 0.25) is 15.1 Å². The normalized spacial score (nSPS) is 20.4. The summed E-state index contributed by atoms with van der Waals surface area (Å²) in [5.74, 6) is 0.902. The van der Waals surface area contributed by atoms with Crippen LogP contribution in [-0.2, 0) is 12.0 Å². The minimum absolute atomic E-state index is 0.139. The summed E-state index contributed by atoms with van der Waals surface area (Å²) in [6.45, 7) is 2.36. The topological polar surface area (TPSA) is 85.5 Å². The average Bonchev–Trinajstić information content (AvgIpc) is 3.81. The summed E-state index contributed by atoms with van der Waals surface area (Å²) in [6, 6.07) is 12.7. The molecule has 194 valence electrons. The molecule has 6 nitrogen and oxygen atoms in total. The van der Waals surface area contributed by atoms with Gasteiger partial charge in [0.15, 0.2) is 0 Å². The molecule has 2 heterocycles. The molecule has 2 saturated carbocycles. The molecule has 2 aliphatic carbocycles. The lowest BCUT2D eigenvalue weighted by Crippen LogP contribution is -2.07. The van der Waals surface area contributed by atoms with Crippen LogP contribution in [0.25, 0.3) is 11.3 Å². The van der Waals surface area contributed by atoms with Gasteiger partial charge in [0.1, 0.15) is 23.8 Å². The molecule has 1 N–H and O–H groups in total. The SMILES string of the molecule is CC1(c2ccc(OCc3c(-c4c(Cl)cccc4Cl)noc3C3CC3)cc2Cl)CC1c1cncc(C(=O)O)c1. The van der Waals surface area contributed by atoms with Crippen molar-refractivity contribution in [2.75, 3.05) is 0 Å². The number of ether oxygens (including phenoxy) is 1. The van der Waals surface area contributed by atoms with Crippen LogP contribution in [0, 0.1) is 0 Å². The van der Waals surface area contributed by atoms with Gasteiger partial charge in [0.05, 0.1) is 21.2 Å². The highest BCUT2D eigenvalue weighted by atomic mass is 35.5. The zero-order valence-electron chi connectivity index (χ0n) is 20.4. The van der Waals surface area contributed by atoms with E-state index < -0.39 is 5.97 Å². The summed E-state index contributed by atoms with van der Waals surface area (Å²) in [4.78, 5) is 15.5. The first-order chi connectivity index (χ1) is 18.3. The van der Waals surface area contributed by atoms with Crippen molar-refractivity contribution in [2.45, 2.75) is 50.0 Å². The summed E-state index contributed by atoms with van der Waals surface area (Å²) in [6.07, 6.45) is 6.03. The Morgan fingerprint density at radius 2 is 1.87 bits per heavy atom. The summed E-state index contributed by atoms with van der Waals surface area (Å²) in [5.41, 5.74) is 3.92. The Bertz CT molecular complexity index is 1550. The molecule has 4 aromatic rings. The lowest BCUT2D eigenvalue weighted by molar-refractivity contribution is 0.0696. The number of halogens is 3. The molecule has 0 spiro atoms. The Balaban J connectivity index is 1.23. The van der Waals surface area contributed by atoms with Crippen molar-refractivity contribution in [3.05, 3.63) is 97.9 Å². The first-order valence-electron chi connectivity index (χ1n) is 12.3. The number of benzene rings is 2. The van der Waals surface area contributed by atoms with E-state index in [9.17, 15) is 9.90 Å². The smallest absolute Gasteiger partial charge is 0.337 e. The van der Waals surface area contributed by atoms with Gasteiger partial charge in [-0.3, -0.25) is 4.98 Å². The average molecular weight is 570 g/mol. The predicted octanol–water partition coefficient (Wildman–Crippen LogP) is 8.30. The molecule has 2 fully saturated rings. The molecule has 6 rings (SSSR count). The number of hydrogen-bond acceptors (Lipinski definition) is 5. The minimum Gasteiger partial charge on any atom is -0.489 e. The third-order valence-corrected chi connectivity index (χ3v) is 8.49. The Kier molecular flexibility index (Phi) is 6.37. The molecular weight excluding hydrogens is 547 g/mol. The summed E-state index contributed by atoms with van der Waals surface area (Å²) < 4.78 is 11.9. The number of nitrogens with zero attached hydrogens (tertiary/aromatic N) is 2. The van der Waals surface area contributed by atoms with Gasteiger partial charge in [-0.1, -0.05) is 59.0 Å². The third-order valence-electron chi connectivity index (χ3n) is 7.55. The lowest BCUT2D eigenvalue weighted by atomic mass is 9.92. The van der Waals surface area contributed by atoms with Crippen LogP contribution in [0.5, 0.6) is 5.75 Å². The zero-order chi connectivity index (χ0) is 26.6. The first-order valence-corrected chi connectivity index (χ1v) is 13.4. The summed E-state index contributed by atoms with van der Waals surface area (Å²) in [5, 5.41) is 15.2. The second-order valence-corrected chi connectivity index (χ2v) is 11.4. The number of carboxylic acids is 1. The van der Waals surface area contributed by atoms with E-state index >= 15 is 0 Å². The van der Waals surface area contributed by atoms with Crippen molar-refractivity contribution >= 4 is 40.8 Å². The van der Waals surface area contributed by atoms with Gasteiger partial charge < -0.3 is 14.4 Å². The molecular formula is C29H23Cl3N2O4. The maximum atomic E-state index is 11.4. The van der Waals surface area contributed by atoms with Crippen LogP contribution in [0.3, 0.4) is 0 Å². The van der Waals surface area contributed by atoms with Gasteiger partial charge in [0.2, 0.25) is 0 Å². The Hall–Kier alpha value is -3.06. The quantitative estimate of drug-likeness (QED) is 0.230. The van der Waals surface area contributed by atoms with Gasteiger partial charge in [-0.2, -0.15) is 0 Å². The number of rotatable bonds is 8. The Morgan fingerprint density at radius 1 is 1.11 bits per heavy atom.